The Morgan fingerprint density at radius 1 is 1.12 bits per heavy atom. The van der Waals surface area contributed by atoms with Crippen LogP contribution in [-0.2, 0) is 17.4 Å². The molecular formula is C24H28F4N4O. The Balaban J connectivity index is 1.65. The van der Waals surface area contributed by atoms with Gasteiger partial charge in [0.15, 0.2) is 0 Å². The lowest BCUT2D eigenvalue weighted by atomic mass is 9.82. The number of rotatable bonds is 5. The number of para-hydroxylation sites is 1. The summed E-state index contributed by atoms with van der Waals surface area (Å²) in [5.41, 5.74) is 1.00. The predicted molar refractivity (Wildman–Crippen MR) is 120 cm³/mol. The number of fused-ring (bicyclic) bond motifs is 3. The largest absolute Gasteiger partial charge is 0.416 e. The molecule has 2 aliphatic heterocycles. The highest BCUT2D eigenvalue weighted by Gasteiger charge is 2.43. The zero-order valence-electron chi connectivity index (χ0n) is 18.7. The maximum absolute atomic E-state index is 14.4. The molecule has 178 valence electrons. The first-order valence-corrected chi connectivity index (χ1v) is 11.0. The van der Waals surface area contributed by atoms with Crippen molar-refractivity contribution in [1.82, 2.24) is 10.2 Å². The number of piperazine rings is 1. The van der Waals surface area contributed by atoms with E-state index in [2.05, 4.69) is 5.32 Å². The number of alkyl halides is 3. The summed E-state index contributed by atoms with van der Waals surface area (Å²) in [6, 6.07) is 10.00. The van der Waals surface area contributed by atoms with Gasteiger partial charge in [-0.05, 0) is 56.4 Å². The van der Waals surface area contributed by atoms with Gasteiger partial charge in [0.25, 0.3) is 0 Å². The van der Waals surface area contributed by atoms with Gasteiger partial charge in [-0.1, -0.05) is 12.1 Å². The molecule has 0 unspecified atom stereocenters. The third kappa shape index (κ3) is 4.93. The first-order valence-electron chi connectivity index (χ1n) is 11.0. The average Bonchev–Trinajstić information content (AvgIpc) is 2.77. The van der Waals surface area contributed by atoms with Crippen molar-refractivity contribution < 1.29 is 22.4 Å². The molecule has 5 nitrogen and oxygen atoms in total. The summed E-state index contributed by atoms with van der Waals surface area (Å²) < 4.78 is 54.4. The molecule has 0 radical (unpaired) electrons. The molecule has 9 heteroatoms. The molecule has 33 heavy (non-hydrogen) atoms. The lowest BCUT2D eigenvalue weighted by Gasteiger charge is -2.49. The summed E-state index contributed by atoms with van der Waals surface area (Å²) in [5.74, 6) is -1.06. The second-order valence-electron chi connectivity index (χ2n) is 8.90. The van der Waals surface area contributed by atoms with Crippen LogP contribution in [0.1, 0.15) is 11.1 Å². The number of carbonyl (C=O) groups is 1. The SMILES string of the molecule is CN(C)CCNC(=O)[C@@H]1Cc2cc(C(F)(F)F)ccc2N2CCN(c3ccccc3F)C[C@@H]12. The maximum Gasteiger partial charge on any atom is 0.416 e. The Labute approximate surface area is 191 Å². The van der Waals surface area contributed by atoms with Crippen LogP contribution in [0.5, 0.6) is 0 Å². The molecule has 2 aromatic carbocycles. The first kappa shape index (κ1) is 23.4. The van der Waals surface area contributed by atoms with E-state index in [1.165, 1.54) is 12.1 Å². The number of likely N-dealkylation sites (N-methyl/N-ethyl adjacent to an activating group) is 1. The summed E-state index contributed by atoms with van der Waals surface area (Å²) in [6.07, 6.45) is -4.24. The van der Waals surface area contributed by atoms with Crippen LogP contribution in [-0.4, -0.2) is 63.7 Å². The molecule has 1 saturated heterocycles. The third-order valence-corrected chi connectivity index (χ3v) is 6.43. The number of halogens is 4. The summed E-state index contributed by atoms with van der Waals surface area (Å²) >= 11 is 0. The summed E-state index contributed by atoms with van der Waals surface area (Å²) in [4.78, 5) is 19.1. The number of anilines is 2. The van der Waals surface area contributed by atoms with E-state index in [9.17, 15) is 22.4 Å². The predicted octanol–water partition coefficient (Wildman–Crippen LogP) is 3.39. The number of carbonyl (C=O) groups excluding carboxylic acids is 1. The van der Waals surface area contributed by atoms with Crippen molar-refractivity contribution in [3.63, 3.8) is 0 Å². The molecular weight excluding hydrogens is 436 g/mol. The van der Waals surface area contributed by atoms with Crippen LogP contribution in [0.25, 0.3) is 0 Å². The van der Waals surface area contributed by atoms with E-state index >= 15 is 0 Å². The minimum atomic E-state index is -4.45. The molecule has 2 heterocycles. The van der Waals surface area contributed by atoms with Crippen LogP contribution in [0.3, 0.4) is 0 Å². The Hall–Kier alpha value is -2.81. The molecule has 1 amide bonds. The molecule has 0 saturated carbocycles. The van der Waals surface area contributed by atoms with Gasteiger partial charge in [0.05, 0.1) is 23.2 Å². The van der Waals surface area contributed by atoms with E-state index in [-0.39, 0.29) is 24.2 Å². The summed E-state index contributed by atoms with van der Waals surface area (Å²) in [5, 5.41) is 2.94. The highest BCUT2D eigenvalue weighted by atomic mass is 19.4. The van der Waals surface area contributed by atoms with Gasteiger partial charge in [-0.25, -0.2) is 4.39 Å². The highest BCUT2D eigenvalue weighted by Crippen LogP contribution is 2.40. The average molecular weight is 465 g/mol. The molecule has 0 aromatic heterocycles. The van der Waals surface area contributed by atoms with Crippen molar-refractivity contribution in [2.45, 2.75) is 18.6 Å². The van der Waals surface area contributed by atoms with Crippen LogP contribution in [0.2, 0.25) is 0 Å². The van der Waals surface area contributed by atoms with Crippen LogP contribution >= 0.6 is 0 Å². The van der Waals surface area contributed by atoms with E-state index < -0.39 is 17.7 Å². The van der Waals surface area contributed by atoms with Crippen LogP contribution in [0.15, 0.2) is 42.5 Å². The quantitative estimate of drug-likeness (QED) is 0.689. The summed E-state index contributed by atoms with van der Waals surface area (Å²) in [6.45, 7) is 2.50. The van der Waals surface area contributed by atoms with Crippen LogP contribution < -0.4 is 15.1 Å². The zero-order valence-corrected chi connectivity index (χ0v) is 18.7. The van der Waals surface area contributed by atoms with Crippen LogP contribution in [0, 0.1) is 11.7 Å². The number of benzene rings is 2. The van der Waals surface area contributed by atoms with E-state index in [1.54, 1.807) is 18.2 Å². The highest BCUT2D eigenvalue weighted by molar-refractivity contribution is 5.82. The van der Waals surface area contributed by atoms with Crippen molar-refractivity contribution in [3.8, 4) is 0 Å². The van der Waals surface area contributed by atoms with Gasteiger partial charge in [0, 0.05) is 38.4 Å². The van der Waals surface area contributed by atoms with E-state index in [4.69, 9.17) is 0 Å². The number of nitrogens with one attached hydrogen (secondary N) is 1. The molecule has 2 atom stereocenters. The number of amides is 1. The van der Waals surface area contributed by atoms with Gasteiger partial charge < -0.3 is 20.0 Å². The topological polar surface area (TPSA) is 38.8 Å². The first-order chi connectivity index (χ1) is 15.6. The van der Waals surface area contributed by atoms with Gasteiger partial charge in [0.1, 0.15) is 5.82 Å². The second kappa shape index (κ2) is 9.21. The molecule has 2 aliphatic rings. The Morgan fingerprint density at radius 2 is 1.88 bits per heavy atom. The molecule has 0 aliphatic carbocycles. The van der Waals surface area contributed by atoms with Crippen molar-refractivity contribution in [2.75, 3.05) is 56.6 Å². The van der Waals surface area contributed by atoms with Gasteiger partial charge in [-0.3, -0.25) is 4.79 Å². The molecule has 1 N–H and O–H groups in total. The molecule has 2 aromatic rings. The van der Waals surface area contributed by atoms with Crippen molar-refractivity contribution in [3.05, 3.63) is 59.4 Å². The number of nitrogens with zero attached hydrogens (tertiary/aromatic N) is 3. The number of hydrogen-bond acceptors (Lipinski definition) is 4. The monoisotopic (exact) mass is 464 g/mol. The lowest BCUT2D eigenvalue weighted by molar-refractivity contribution is -0.137. The van der Waals surface area contributed by atoms with Gasteiger partial charge in [0.2, 0.25) is 5.91 Å². The normalized spacial score (nSPS) is 20.5. The zero-order chi connectivity index (χ0) is 23.8. The second-order valence-corrected chi connectivity index (χ2v) is 8.90. The summed E-state index contributed by atoms with van der Waals surface area (Å²) in [7, 11) is 3.80. The van der Waals surface area contributed by atoms with Crippen molar-refractivity contribution >= 4 is 17.3 Å². The third-order valence-electron chi connectivity index (χ3n) is 6.43. The molecule has 0 bridgehead atoms. The fourth-order valence-corrected chi connectivity index (χ4v) is 4.76. The Kier molecular flexibility index (Phi) is 6.52. The van der Waals surface area contributed by atoms with E-state index in [0.29, 0.717) is 44.0 Å². The van der Waals surface area contributed by atoms with Crippen LogP contribution in [0.4, 0.5) is 28.9 Å². The molecule has 1 fully saturated rings. The lowest BCUT2D eigenvalue weighted by Crippen LogP contribution is -2.61. The smallest absolute Gasteiger partial charge is 0.365 e. The van der Waals surface area contributed by atoms with Crippen molar-refractivity contribution in [1.29, 1.82) is 0 Å². The Bertz CT molecular complexity index is 1010. The Morgan fingerprint density at radius 3 is 2.58 bits per heavy atom. The van der Waals surface area contributed by atoms with E-state index in [1.807, 2.05) is 28.8 Å². The van der Waals surface area contributed by atoms with Crippen molar-refractivity contribution in [2.24, 2.45) is 5.92 Å². The molecule has 4 rings (SSSR count). The number of hydrogen-bond donors (Lipinski definition) is 1. The molecule has 0 spiro atoms. The van der Waals surface area contributed by atoms with E-state index in [0.717, 1.165) is 17.8 Å². The minimum absolute atomic E-state index is 0.190. The van der Waals surface area contributed by atoms with Gasteiger partial charge >= 0.3 is 6.18 Å². The van der Waals surface area contributed by atoms with Gasteiger partial charge in [-0.2, -0.15) is 13.2 Å². The fourth-order valence-electron chi connectivity index (χ4n) is 4.76. The maximum atomic E-state index is 14.4. The standard InChI is InChI=1S/C24H28F4N4O/c1-30(2)10-9-29-23(33)18-14-16-13-17(24(26,27)28)7-8-20(16)32-12-11-31(15-22(18)32)21-6-4-3-5-19(21)25/h3-8,13,18,22H,9-12,14-15H2,1-2H3,(H,29,33)/t18-,22+/m1/s1. The van der Waals surface area contributed by atoms with Gasteiger partial charge in [-0.15, -0.1) is 0 Å². The fraction of sp³-hybridized carbons (Fsp3) is 0.458. The minimum Gasteiger partial charge on any atom is -0.365 e.